The van der Waals surface area contributed by atoms with Gasteiger partial charge >= 0.3 is 6.18 Å². The van der Waals surface area contributed by atoms with E-state index in [1.54, 1.807) is 13.1 Å². The van der Waals surface area contributed by atoms with Gasteiger partial charge < -0.3 is 0 Å². The van der Waals surface area contributed by atoms with Crippen molar-refractivity contribution in [1.82, 2.24) is 9.55 Å². The number of hydrogen-bond donors (Lipinski definition) is 0. The summed E-state index contributed by atoms with van der Waals surface area (Å²) in [7, 11) is 1.65. The van der Waals surface area contributed by atoms with Crippen LogP contribution in [0, 0.1) is 0 Å². The van der Waals surface area contributed by atoms with E-state index in [-0.39, 0.29) is 10.8 Å². The maximum absolute atomic E-state index is 12.6. The third kappa shape index (κ3) is 3.21. The maximum Gasteiger partial charge on any atom is 0.416 e. The molecule has 0 N–H and O–H groups in total. The Bertz CT molecular complexity index is 929. The Labute approximate surface area is 144 Å². The minimum Gasteiger partial charge on any atom is -0.289 e. The Morgan fingerprint density at radius 3 is 2.50 bits per heavy atom. The SMILES string of the molecule is CC(Sc1nc2ccsc2c(=O)n1C)c1ccc(C(F)(F)F)cc1. The minimum atomic E-state index is -4.34. The molecule has 8 heteroatoms. The van der Waals surface area contributed by atoms with Gasteiger partial charge in [-0.05, 0) is 36.1 Å². The highest BCUT2D eigenvalue weighted by Gasteiger charge is 2.30. The average Bonchev–Trinajstić information content (AvgIpc) is 3.00. The van der Waals surface area contributed by atoms with Crippen molar-refractivity contribution < 1.29 is 13.2 Å². The lowest BCUT2D eigenvalue weighted by Gasteiger charge is -2.14. The van der Waals surface area contributed by atoms with E-state index < -0.39 is 11.7 Å². The van der Waals surface area contributed by atoms with Crippen LogP contribution in [-0.4, -0.2) is 9.55 Å². The molecular weight excluding hydrogens is 357 g/mol. The summed E-state index contributed by atoms with van der Waals surface area (Å²) >= 11 is 2.69. The van der Waals surface area contributed by atoms with E-state index in [0.717, 1.165) is 17.7 Å². The normalized spacial score (nSPS) is 13.4. The van der Waals surface area contributed by atoms with Crippen LogP contribution < -0.4 is 5.56 Å². The molecule has 3 nitrogen and oxygen atoms in total. The van der Waals surface area contributed by atoms with Crippen LogP contribution in [0.1, 0.15) is 23.3 Å². The van der Waals surface area contributed by atoms with Crippen LogP contribution in [0.4, 0.5) is 13.2 Å². The predicted octanol–water partition coefficient (Wildman–Crippen LogP) is 4.87. The van der Waals surface area contributed by atoms with E-state index in [1.165, 1.54) is 39.8 Å². The summed E-state index contributed by atoms with van der Waals surface area (Å²) in [5.41, 5.74) is 0.601. The molecule has 126 valence electrons. The molecule has 0 bridgehead atoms. The standard InChI is InChI=1S/C16H13F3N2OS2/c1-9(10-3-5-11(6-4-10)16(17,18)19)24-15-20-12-7-8-23-13(12)14(22)21(15)2/h3-9H,1-2H3. The van der Waals surface area contributed by atoms with Crippen LogP contribution in [-0.2, 0) is 13.2 Å². The van der Waals surface area contributed by atoms with Crippen molar-refractivity contribution in [3.63, 3.8) is 0 Å². The van der Waals surface area contributed by atoms with Gasteiger partial charge in [-0.25, -0.2) is 4.98 Å². The van der Waals surface area contributed by atoms with Gasteiger partial charge in [-0.1, -0.05) is 23.9 Å². The number of fused-ring (bicyclic) bond motifs is 1. The average molecular weight is 370 g/mol. The molecule has 1 atom stereocenters. The summed E-state index contributed by atoms with van der Waals surface area (Å²) in [6.45, 7) is 1.87. The van der Waals surface area contributed by atoms with Gasteiger partial charge in [0.05, 0.1) is 11.1 Å². The van der Waals surface area contributed by atoms with Crippen molar-refractivity contribution in [2.24, 2.45) is 7.05 Å². The molecule has 0 saturated carbocycles. The molecule has 0 fully saturated rings. The second kappa shape index (κ2) is 6.25. The molecular formula is C16H13F3N2OS2. The highest BCUT2D eigenvalue weighted by molar-refractivity contribution is 7.99. The van der Waals surface area contributed by atoms with Crippen LogP contribution in [0.2, 0.25) is 0 Å². The molecule has 1 unspecified atom stereocenters. The molecule has 2 heterocycles. The second-order valence-corrected chi connectivity index (χ2v) is 7.50. The summed E-state index contributed by atoms with van der Waals surface area (Å²) in [5, 5.41) is 2.21. The Morgan fingerprint density at radius 1 is 1.21 bits per heavy atom. The number of hydrogen-bond acceptors (Lipinski definition) is 4. The van der Waals surface area contributed by atoms with Crippen LogP contribution in [0.25, 0.3) is 10.2 Å². The molecule has 0 spiro atoms. The predicted molar refractivity (Wildman–Crippen MR) is 90.6 cm³/mol. The number of aromatic nitrogens is 2. The minimum absolute atomic E-state index is 0.114. The lowest BCUT2D eigenvalue weighted by Crippen LogP contribution is -2.19. The quantitative estimate of drug-likeness (QED) is 0.487. The van der Waals surface area contributed by atoms with Crippen LogP contribution in [0.15, 0.2) is 45.7 Å². The highest BCUT2D eigenvalue weighted by Crippen LogP contribution is 2.36. The zero-order valence-corrected chi connectivity index (χ0v) is 14.4. The van der Waals surface area contributed by atoms with Crippen LogP contribution >= 0.6 is 23.1 Å². The number of rotatable bonds is 3. The molecule has 1 aromatic carbocycles. The van der Waals surface area contributed by atoms with E-state index >= 15 is 0 Å². The molecule has 0 radical (unpaired) electrons. The van der Waals surface area contributed by atoms with Crippen molar-refractivity contribution in [3.8, 4) is 0 Å². The van der Waals surface area contributed by atoms with Gasteiger partial charge in [0.25, 0.3) is 5.56 Å². The molecule has 24 heavy (non-hydrogen) atoms. The number of thiophene rings is 1. The number of nitrogens with zero attached hydrogens (tertiary/aromatic N) is 2. The fraction of sp³-hybridized carbons (Fsp3) is 0.250. The van der Waals surface area contributed by atoms with Crippen molar-refractivity contribution in [2.45, 2.75) is 23.5 Å². The van der Waals surface area contributed by atoms with Gasteiger partial charge in [-0.15, -0.1) is 11.3 Å². The first-order chi connectivity index (χ1) is 11.3. The van der Waals surface area contributed by atoms with Crippen LogP contribution in [0.3, 0.4) is 0 Å². The van der Waals surface area contributed by atoms with Crippen molar-refractivity contribution >= 4 is 33.3 Å². The molecule has 0 amide bonds. The lowest BCUT2D eigenvalue weighted by molar-refractivity contribution is -0.137. The third-order valence-corrected chi connectivity index (χ3v) is 5.73. The van der Waals surface area contributed by atoms with E-state index in [1.807, 2.05) is 12.3 Å². The van der Waals surface area contributed by atoms with E-state index in [4.69, 9.17) is 0 Å². The first-order valence-electron chi connectivity index (χ1n) is 7.05. The van der Waals surface area contributed by atoms with Gasteiger partial charge in [-0.2, -0.15) is 13.2 Å². The zero-order valence-electron chi connectivity index (χ0n) is 12.8. The number of alkyl halides is 3. The molecule has 0 aliphatic heterocycles. The summed E-state index contributed by atoms with van der Waals surface area (Å²) in [4.78, 5) is 16.8. The number of halogens is 3. The fourth-order valence-electron chi connectivity index (χ4n) is 2.24. The van der Waals surface area contributed by atoms with E-state index in [9.17, 15) is 18.0 Å². The monoisotopic (exact) mass is 370 g/mol. The van der Waals surface area contributed by atoms with Crippen molar-refractivity contribution in [1.29, 1.82) is 0 Å². The zero-order chi connectivity index (χ0) is 17.5. The summed E-state index contributed by atoms with van der Waals surface area (Å²) in [5.74, 6) is 0. The maximum atomic E-state index is 12.6. The Balaban J connectivity index is 1.88. The molecule has 0 aliphatic carbocycles. The summed E-state index contributed by atoms with van der Waals surface area (Å²) in [6, 6.07) is 6.85. The van der Waals surface area contributed by atoms with Crippen molar-refractivity contribution in [3.05, 3.63) is 57.2 Å². The fourth-order valence-corrected chi connectivity index (χ4v) is 4.05. The van der Waals surface area contributed by atoms with Crippen LogP contribution in [0.5, 0.6) is 0 Å². The van der Waals surface area contributed by atoms with E-state index in [0.29, 0.717) is 15.4 Å². The van der Waals surface area contributed by atoms with Crippen molar-refractivity contribution in [2.75, 3.05) is 0 Å². The van der Waals surface area contributed by atoms with Gasteiger partial charge in [0.1, 0.15) is 4.70 Å². The molecule has 2 aromatic heterocycles. The first-order valence-corrected chi connectivity index (χ1v) is 8.81. The largest absolute Gasteiger partial charge is 0.416 e. The molecule has 0 saturated heterocycles. The third-order valence-electron chi connectivity index (χ3n) is 3.64. The molecule has 0 aliphatic rings. The lowest BCUT2D eigenvalue weighted by atomic mass is 10.1. The first kappa shape index (κ1) is 17.0. The topological polar surface area (TPSA) is 34.9 Å². The smallest absolute Gasteiger partial charge is 0.289 e. The van der Waals surface area contributed by atoms with Gasteiger partial charge in [0.15, 0.2) is 5.16 Å². The summed E-state index contributed by atoms with van der Waals surface area (Å²) in [6.07, 6.45) is -4.34. The van der Waals surface area contributed by atoms with Gasteiger partial charge in [0, 0.05) is 12.3 Å². The molecule has 3 aromatic rings. The Kier molecular flexibility index (Phi) is 4.44. The molecule has 3 rings (SSSR count). The number of thioether (sulfide) groups is 1. The van der Waals surface area contributed by atoms with Gasteiger partial charge in [-0.3, -0.25) is 9.36 Å². The second-order valence-electron chi connectivity index (χ2n) is 5.27. The Hall–Kier alpha value is -1.80. The Morgan fingerprint density at radius 2 is 1.88 bits per heavy atom. The highest BCUT2D eigenvalue weighted by atomic mass is 32.2. The number of benzene rings is 1. The van der Waals surface area contributed by atoms with E-state index in [2.05, 4.69) is 4.98 Å². The summed E-state index contributed by atoms with van der Waals surface area (Å²) < 4.78 is 40.0. The van der Waals surface area contributed by atoms with Gasteiger partial charge in [0.2, 0.25) is 0 Å².